The largest absolute Gasteiger partial charge is 0.477 e. The predicted octanol–water partition coefficient (Wildman–Crippen LogP) is 0.670. The summed E-state index contributed by atoms with van der Waals surface area (Å²) < 4.78 is 0. The van der Waals surface area contributed by atoms with Gasteiger partial charge >= 0.3 is 5.97 Å². The number of pyridine rings is 1. The molecule has 4 heteroatoms. The molecule has 0 saturated heterocycles. The number of rotatable bonds is 1. The minimum absolute atomic E-state index is 0.0247. The molecule has 0 fully saturated rings. The fourth-order valence-corrected chi connectivity index (χ4v) is 0.691. The number of anilines is 1. The van der Waals surface area contributed by atoms with Gasteiger partial charge in [0.2, 0.25) is 0 Å². The van der Waals surface area contributed by atoms with Crippen molar-refractivity contribution in [2.45, 2.75) is 6.92 Å². The first-order valence-electron chi connectivity index (χ1n) is 3.07. The van der Waals surface area contributed by atoms with Gasteiger partial charge in [0.1, 0.15) is 5.69 Å². The van der Waals surface area contributed by atoms with Gasteiger partial charge in [0.25, 0.3) is 0 Å². The molecule has 0 spiro atoms. The molecule has 0 atom stereocenters. The summed E-state index contributed by atoms with van der Waals surface area (Å²) >= 11 is 0. The maximum absolute atomic E-state index is 10.4. The van der Waals surface area contributed by atoms with Crippen molar-refractivity contribution in [2.75, 3.05) is 5.73 Å². The molecule has 0 amide bonds. The summed E-state index contributed by atoms with van der Waals surface area (Å²) in [6.07, 6.45) is 0. The molecule has 1 aromatic heterocycles. The van der Waals surface area contributed by atoms with E-state index in [4.69, 9.17) is 10.8 Å². The third-order valence-electron chi connectivity index (χ3n) is 1.35. The number of hydrogen-bond acceptors (Lipinski definition) is 3. The molecular weight excluding hydrogens is 144 g/mol. The molecule has 0 aliphatic heterocycles. The smallest absolute Gasteiger partial charge is 0.354 e. The van der Waals surface area contributed by atoms with Crippen LogP contribution in [0.5, 0.6) is 0 Å². The van der Waals surface area contributed by atoms with Crippen LogP contribution in [-0.2, 0) is 0 Å². The van der Waals surface area contributed by atoms with Gasteiger partial charge in [-0.2, -0.15) is 0 Å². The van der Waals surface area contributed by atoms with Crippen LogP contribution in [0.25, 0.3) is 0 Å². The zero-order valence-electron chi connectivity index (χ0n) is 6.03. The highest BCUT2D eigenvalue weighted by atomic mass is 16.4. The Balaban J connectivity index is 3.15. The van der Waals surface area contributed by atoms with E-state index < -0.39 is 5.97 Å². The van der Waals surface area contributed by atoms with Crippen LogP contribution in [-0.4, -0.2) is 16.1 Å². The van der Waals surface area contributed by atoms with E-state index in [-0.39, 0.29) is 5.69 Å². The first-order valence-corrected chi connectivity index (χ1v) is 3.07. The summed E-state index contributed by atoms with van der Waals surface area (Å²) in [5.41, 5.74) is 6.51. The number of carboxylic acids is 1. The number of nitrogens with two attached hydrogens (primary N) is 1. The van der Waals surface area contributed by atoms with Gasteiger partial charge in [0.15, 0.2) is 0 Å². The second kappa shape index (κ2) is 2.57. The summed E-state index contributed by atoms with van der Waals surface area (Å²) in [6.45, 7) is 1.67. The number of aromatic nitrogens is 1. The van der Waals surface area contributed by atoms with Crippen LogP contribution in [0, 0.1) is 6.92 Å². The molecule has 0 aromatic carbocycles. The van der Waals surface area contributed by atoms with E-state index in [1.165, 1.54) is 12.1 Å². The molecule has 3 N–H and O–H groups in total. The Bertz CT molecular complexity index is 296. The van der Waals surface area contributed by atoms with Crippen molar-refractivity contribution >= 4 is 11.7 Å². The molecule has 0 unspecified atom stereocenters. The van der Waals surface area contributed by atoms with Crippen LogP contribution in [0.1, 0.15) is 16.2 Å². The number of aromatic carboxylic acids is 1. The Morgan fingerprint density at radius 3 is 2.73 bits per heavy atom. The summed E-state index contributed by atoms with van der Waals surface area (Å²) in [4.78, 5) is 14.1. The third-order valence-corrected chi connectivity index (χ3v) is 1.35. The highest BCUT2D eigenvalue weighted by Gasteiger charge is 2.04. The van der Waals surface area contributed by atoms with E-state index in [9.17, 15) is 4.79 Å². The molecular formula is C7H8N2O2. The molecule has 0 aliphatic carbocycles. The first-order chi connectivity index (χ1) is 5.11. The van der Waals surface area contributed by atoms with Crippen molar-refractivity contribution in [2.24, 2.45) is 0 Å². The van der Waals surface area contributed by atoms with Crippen LogP contribution >= 0.6 is 0 Å². The Kier molecular flexibility index (Phi) is 1.76. The highest BCUT2D eigenvalue weighted by Crippen LogP contribution is 2.07. The SMILES string of the molecule is Cc1nc(C(=O)O)ccc1N. The van der Waals surface area contributed by atoms with Crippen molar-refractivity contribution in [3.63, 3.8) is 0 Å². The highest BCUT2D eigenvalue weighted by molar-refractivity contribution is 5.85. The normalized spacial score (nSPS) is 9.55. The lowest BCUT2D eigenvalue weighted by Crippen LogP contribution is -2.03. The van der Waals surface area contributed by atoms with E-state index in [0.717, 1.165) is 0 Å². The summed E-state index contributed by atoms with van der Waals surface area (Å²) in [5.74, 6) is -1.03. The molecule has 11 heavy (non-hydrogen) atoms. The minimum Gasteiger partial charge on any atom is -0.477 e. The average molecular weight is 152 g/mol. The van der Waals surface area contributed by atoms with E-state index in [1.54, 1.807) is 6.92 Å². The molecule has 0 saturated carbocycles. The molecule has 1 heterocycles. The van der Waals surface area contributed by atoms with Crippen molar-refractivity contribution in [3.8, 4) is 0 Å². The molecule has 1 rings (SSSR count). The molecule has 1 aromatic rings. The Hall–Kier alpha value is -1.58. The maximum Gasteiger partial charge on any atom is 0.354 e. The zero-order valence-corrected chi connectivity index (χ0v) is 6.03. The molecule has 0 aliphatic rings. The van der Waals surface area contributed by atoms with Crippen LogP contribution in [0.4, 0.5) is 5.69 Å². The van der Waals surface area contributed by atoms with Gasteiger partial charge < -0.3 is 10.8 Å². The van der Waals surface area contributed by atoms with Crippen molar-refractivity contribution in [1.29, 1.82) is 0 Å². The van der Waals surface area contributed by atoms with Crippen LogP contribution < -0.4 is 5.73 Å². The summed E-state index contributed by atoms with van der Waals surface area (Å²) in [7, 11) is 0. The van der Waals surface area contributed by atoms with Gasteiger partial charge in [-0.05, 0) is 19.1 Å². The van der Waals surface area contributed by atoms with E-state index >= 15 is 0 Å². The topological polar surface area (TPSA) is 76.2 Å². The number of hydrogen-bond donors (Lipinski definition) is 2. The Morgan fingerprint density at radius 1 is 1.64 bits per heavy atom. The maximum atomic E-state index is 10.4. The number of carboxylic acid groups (broad SMARTS) is 1. The minimum atomic E-state index is -1.03. The number of nitrogens with zero attached hydrogens (tertiary/aromatic N) is 1. The van der Waals surface area contributed by atoms with Gasteiger partial charge in [0, 0.05) is 0 Å². The lowest BCUT2D eigenvalue weighted by molar-refractivity contribution is 0.0690. The standard InChI is InChI=1S/C7H8N2O2/c1-4-5(8)2-3-6(9-4)7(10)11/h2-3H,8H2,1H3,(H,10,11). The second-order valence-corrected chi connectivity index (χ2v) is 2.18. The second-order valence-electron chi connectivity index (χ2n) is 2.18. The van der Waals surface area contributed by atoms with Gasteiger partial charge in [-0.3, -0.25) is 0 Å². The Labute approximate surface area is 63.7 Å². The number of carbonyl (C=O) groups is 1. The predicted molar refractivity (Wildman–Crippen MR) is 40.3 cm³/mol. The average Bonchev–Trinajstić information content (AvgIpc) is 1.94. The van der Waals surface area contributed by atoms with E-state index in [2.05, 4.69) is 4.98 Å². The summed E-state index contributed by atoms with van der Waals surface area (Å²) in [6, 6.07) is 2.91. The number of aryl methyl sites for hydroxylation is 1. The fraction of sp³-hybridized carbons (Fsp3) is 0.143. The monoisotopic (exact) mass is 152 g/mol. The van der Waals surface area contributed by atoms with Crippen molar-refractivity contribution in [3.05, 3.63) is 23.5 Å². The van der Waals surface area contributed by atoms with E-state index in [1.807, 2.05) is 0 Å². The van der Waals surface area contributed by atoms with E-state index in [0.29, 0.717) is 11.4 Å². The molecule has 0 bridgehead atoms. The van der Waals surface area contributed by atoms with Crippen LogP contribution in [0.15, 0.2) is 12.1 Å². The van der Waals surface area contributed by atoms with Gasteiger partial charge in [0.05, 0.1) is 11.4 Å². The van der Waals surface area contributed by atoms with Gasteiger partial charge in [-0.15, -0.1) is 0 Å². The van der Waals surface area contributed by atoms with Crippen LogP contribution in [0.2, 0.25) is 0 Å². The fourth-order valence-electron chi connectivity index (χ4n) is 0.691. The quantitative estimate of drug-likeness (QED) is 0.620. The summed E-state index contributed by atoms with van der Waals surface area (Å²) in [5, 5.41) is 8.50. The first kappa shape index (κ1) is 7.53. The lowest BCUT2D eigenvalue weighted by atomic mass is 10.3. The van der Waals surface area contributed by atoms with Crippen molar-refractivity contribution in [1.82, 2.24) is 4.98 Å². The van der Waals surface area contributed by atoms with Crippen molar-refractivity contribution < 1.29 is 9.90 Å². The van der Waals surface area contributed by atoms with Gasteiger partial charge in [-0.1, -0.05) is 0 Å². The molecule has 4 nitrogen and oxygen atoms in total. The number of nitrogen functional groups attached to an aromatic ring is 1. The zero-order chi connectivity index (χ0) is 8.43. The van der Waals surface area contributed by atoms with Gasteiger partial charge in [-0.25, -0.2) is 9.78 Å². The molecule has 58 valence electrons. The molecule has 0 radical (unpaired) electrons. The Morgan fingerprint density at radius 2 is 2.27 bits per heavy atom. The van der Waals surface area contributed by atoms with Crippen LogP contribution in [0.3, 0.4) is 0 Å². The third kappa shape index (κ3) is 1.46. The lowest BCUT2D eigenvalue weighted by Gasteiger charge is -1.98.